The number of hydrogen-bond acceptors (Lipinski definition) is 11. The van der Waals surface area contributed by atoms with Gasteiger partial charge in [-0.2, -0.15) is 0 Å². The number of carbonyl (C=O) groups is 4. The molecule has 3 amide bonds. The second-order valence-corrected chi connectivity index (χ2v) is 14.3. The van der Waals surface area contributed by atoms with Crippen LogP contribution >= 0.6 is 11.6 Å². The summed E-state index contributed by atoms with van der Waals surface area (Å²) in [5, 5.41) is 27.9. The van der Waals surface area contributed by atoms with Gasteiger partial charge in [0.1, 0.15) is 40.7 Å². The number of likely N-dealkylation sites (N-methyl/N-ethyl adjacent to an activating group) is 1. The summed E-state index contributed by atoms with van der Waals surface area (Å²) < 4.78 is 23.3. The Morgan fingerprint density at radius 2 is 2.00 bits per heavy atom. The zero-order valence-corrected chi connectivity index (χ0v) is 31.3. The fourth-order valence-corrected chi connectivity index (χ4v) is 6.86. The molecule has 3 aliphatic rings. The number of hydrogen-bond donors (Lipinski definition) is 4. The van der Waals surface area contributed by atoms with Gasteiger partial charge in [-0.05, 0) is 64.9 Å². The van der Waals surface area contributed by atoms with E-state index in [-0.39, 0.29) is 30.2 Å². The van der Waals surface area contributed by atoms with E-state index in [2.05, 4.69) is 10.6 Å². The lowest BCUT2D eigenvalue weighted by Crippen LogP contribution is -2.63. The first-order valence-corrected chi connectivity index (χ1v) is 17.5. The van der Waals surface area contributed by atoms with Crippen molar-refractivity contribution < 1.29 is 48.3 Å². The molecule has 4 bridgehead atoms. The molecular formula is C36H51ClN4O10. The summed E-state index contributed by atoms with van der Waals surface area (Å²) in [6, 6.07) is 2.55. The number of anilines is 1. The number of methoxy groups -OCH3 is 1. The third kappa shape index (κ3) is 9.04. The second kappa shape index (κ2) is 16.3. The van der Waals surface area contributed by atoms with Crippen molar-refractivity contribution in [2.24, 2.45) is 5.92 Å². The van der Waals surface area contributed by atoms with Crippen LogP contribution in [0.4, 0.5) is 10.5 Å². The summed E-state index contributed by atoms with van der Waals surface area (Å²) in [5.41, 5.74) is -1.27. The van der Waals surface area contributed by atoms with E-state index in [9.17, 15) is 29.4 Å². The lowest BCUT2D eigenvalue weighted by molar-refractivity contribution is -0.162. The zero-order valence-electron chi connectivity index (χ0n) is 30.5. The van der Waals surface area contributed by atoms with Crippen molar-refractivity contribution in [1.82, 2.24) is 15.5 Å². The van der Waals surface area contributed by atoms with Gasteiger partial charge in [-0.15, -0.1) is 0 Å². The van der Waals surface area contributed by atoms with Crippen LogP contribution in [0, 0.1) is 5.92 Å². The zero-order chi connectivity index (χ0) is 37.8. The number of fused-ring (bicyclic) bond motifs is 5. The van der Waals surface area contributed by atoms with Crippen LogP contribution < -0.4 is 20.3 Å². The maximum absolute atomic E-state index is 14.1. The summed E-state index contributed by atoms with van der Waals surface area (Å²) >= 11 is 6.72. The molecule has 0 radical (unpaired) electrons. The highest BCUT2D eigenvalue weighted by molar-refractivity contribution is 6.35. The SMILES string of the molecule is CNCCCC(=O)N(C)[C@@H](C)C(=O)O[C@H]1CC(=O)N(C)c2cc(cc(OC)c2Cl)C/C(C)=C/C=C/[C@@H](O)[C@@]2(O)C[C@H](OC(=O)N2)[C@@H](C)C2O[C@]21C. The van der Waals surface area contributed by atoms with E-state index in [4.69, 9.17) is 30.5 Å². The summed E-state index contributed by atoms with van der Waals surface area (Å²) in [6.45, 7) is 7.50. The van der Waals surface area contributed by atoms with Crippen molar-refractivity contribution in [1.29, 1.82) is 0 Å². The van der Waals surface area contributed by atoms with E-state index >= 15 is 0 Å². The number of aliphatic hydroxyl groups is 2. The Bertz CT molecular complexity index is 1550. The highest BCUT2D eigenvalue weighted by Crippen LogP contribution is 2.49. The summed E-state index contributed by atoms with van der Waals surface area (Å²) in [6.07, 6.45) is 0.282. The molecule has 51 heavy (non-hydrogen) atoms. The number of alkyl carbamates (subject to hydrolysis) is 1. The number of esters is 1. The van der Waals surface area contributed by atoms with E-state index < -0.39 is 65.7 Å². The van der Waals surface area contributed by atoms with Crippen LogP contribution in [0.2, 0.25) is 5.02 Å². The molecule has 2 fully saturated rings. The van der Waals surface area contributed by atoms with E-state index in [0.29, 0.717) is 30.8 Å². The minimum absolute atomic E-state index is 0.183. The predicted molar refractivity (Wildman–Crippen MR) is 189 cm³/mol. The molecule has 0 aromatic heterocycles. The Morgan fingerprint density at radius 1 is 1.29 bits per heavy atom. The standard InChI is InChI=1S/C36H51ClN4O10/c1-20-11-9-12-27(42)36(47)19-26(49-34(46)39-36)21(2)32-35(4,51-32)28(50-33(45)22(3)40(6)29(43)13-10-14-38-5)18-30(44)41(7)24-16-23(15-20)17-25(48-8)31(24)37/h9,11-12,16-17,21-22,26-28,32,38,42,47H,10,13-15,18-19H2,1-8H3,(H,39,46)/b12-9+,20-11+/t21-,22+,26+,27-,28+,32?,35+,36+/m1/s1. The Labute approximate surface area is 304 Å². The monoisotopic (exact) mass is 734 g/mol. The van der Waals surface area contributed by atoms with Crippen LogP contribution in [-0.4, -0.2) is 116 Å². The second-order valence-electron chi connectivity index (χ2n) is 13.9. The molecule has 0 aliphatic carbocycles. The summed E-state index contributed by atoms with van der Waals surface area (Å²) in [7, 11) is 6.34. The number of allylic oxidation sites excluding steroid dienone is 3. The molecule has 1 aromatic rings. The Morgan fingerprint density at radius 3 is 2.67 bits per heavy atom. The number of halogens is 1. The van der Waals surface area contributed by atoms with Gasteiger partial charge in [-0.25, -0.2) is 9.59 Å². The van der Waals surface area contributed by atoms with Crippen LogP contribution in [0.15, 0.2) is 35.9 Å². The molecular weight excluding hydrogens is 684 g/mol. The van der Waals surface area contributed by atoms with Crippen LogP contribution in [0.25, 0.3) is 0 Å². The number of nitrogens with one attached hydrogen (secondary N) is 2. The molecule has 2 saturated heterocycles. The van der Waals surface area contributed by atoms with E-state index in [1.165, 1.54) is 30.0 Å². The van der Waals surface area contributed by atoms with Crippen molar-refractivity contribution in [3.63, 3.8) is 0 Å². The predicted octanol–water partition coefficient (Wildman–Crippen LogP) is 2.86. The largest absolute Gasteiger partial charge is 0.495 e. The average Bonchev–Trinajstić information content (AvgIpc) is 3.78. The van der Waals surface area contributed by atoms with Gasteiger partial charge in [0.25, 0.3) is 0 Å². The van der Waals surface area contributed by atoms with Crippen LogP contribution in [0.1, 0.15) is 58.9 Å². The number of aliphatic hydroxyl groups excluding tert-OH is 1. The van der Waals surface area contributed by atoms with Crippen molar-refractivity contribution in [2.45, 2.75) is 102 Å². The molecule has 14 nitrogen and oxygen atoms in total. The number of ether oxygens (including phenoxy) is 4. The van der Waals surface area contributed by atoms with Crippen LogP contribution in [-0.2, 0) is 35.0 Å². The quantitative estimate of drug-likeness (QED) is 0.175. The highest BCUT2D eigenvalue weighted by Gasteiger charge is 2.64. The van der Waals surface area contributed by atoms with Crippen molar-refractivity contribution in [3.05, 3.63) is 46.5 Å². The minimum atomic E-state index is -2.05. The molecule has 0 spiro atoms. The Balaban J connectivity index is 1.73. The van der Waals surface area contributed by atoms with Gasteiger partial charge < -0.3 is 44.3 Å². The van der Waals surface area contributed by atoms with Crippen molar-refractivity contribution in [2.75, 3.05) is 39.7 Å². The number of rotatable bonds is 8. The van der Waals surface area contributed by atoms with Gasteiger partial charge in [0, 0.05) is 32.9 Å². The lowest BCUT2D eigenvalue weighted by atomic mass is 9.83. The molecule has 3 aliphatic heterocycles. The molecule has 1 aromatic carbocycles. The average molecular weight is 735 g/mol. The highest BCUT2D eigenvalue weighted by atomic mass is 35.5. The van der Waals surface area contributed by atoms with Gasteiger partial charge in [-0.3, -0.25) is 14.9 Å². The molecule has 8 atom stereocenters. The van der Waals surface area contributed by atoms with Crippen molar-refractivity contribution >= 4 is 41.2 Å². The van der Waals surface area contributed by atoms with Gasteiger partial charge in [0.05, 0.1) is 25.3 Å². The van der Waals surface area contributed by atoms with E-state index in [0.717, 1.165) is 11.1 Å². The lowest BCUT2D eigenvalue weighted by Gasteiger charge is -2.41. The van der Waals surface area contributed by atoms with Crippen LogP contribution in [0.3, 0.4) is 0 Å². The maximum atomic E-state index is 14.1. The smallest absolute Gasteiger partial charge is 0.409 e. The van der Waals surface area contributed by atoms with E-state index in [1.807, 2.05) is 6.92 Å². The normalized spacial score (nSPS) is 31.9. The molecule has 4 rings (SSSR count). The minimum Gasteiger partial charge on any atom is -0.495 e. The third-order valence-corrected chi connectivity index (χ3v) is 10.5. The van der Waals surface area contributed by atoms with Crippen molar-refractivity contribution in [3.8, 4) is 5.75 Å². The first kappa shape index (κ1) is 40.1. The van der Waals surface area contributed by atoms with E-state index in [1.54, 1.807) is 59.2 Å². The first-order valence-electron chi connectivity index (χ1n) is 17.1. The molecule has 0 saturated carbocycles. The van der Waals surface area contributed by atoms with Gasteiger partial charge in [0.2, 0.25) is 11.8 Å². The number of benzene rings is 1. The Hall–Kier alpha value is -3.69. The molecule has 15 heteroatoms. The third-order valence-electron chi connectivity index (χ3n) is 10.1. The summed E-state index contributed by atoms with van der Waals surface area (Å²) in [4.78, 5) is 55.9. The fourth-order valence-electron chi connectivity index (χ4n) is 6.55. The Kier molecular flexibility index (Phi) is 12.8. The van der Waals surface area contributed by atoms with Crippen LogP contribution in [0.5, 0.6) is 5.75 Å². The number of amides is 3. The number of epoxide rings is 1. The first-order chi connectivity index (χ1) is 23.9. The number of carbonyl (C=O) groups excluding carboxylic acids is 4. The molecule has 3 heterocycles. The van der Waals surface area contributed by atoms with Gasteiger partial charge in [-0.1, -0.05) is 42.3 Å². The maximum Gasteiger partial charge on any atom is 0.409 e. The molecule has 1 unspecified atom stereocenters. The topological polar surface area (TPSA) is 180 Å². The molecule has 282 valence electrons. The number of nitrogens with zero attached hydrogens (tertiary/aromatic N) is 2. The fraction of sp³-hybridized carbons (Fsp3) is 0.611. The van der Waals surface area contributed by atoms with Gasteiger partial charge >= 0.3 is 12.1 Å². The van der Waals surface area contributed by atoms with Gasteiger partial charge in [0.15, 0.2) is 5.72 Å². The summed E-state index contributed by atoms with van der Waals surface area (Å²) in [5.74, 6) is -1.64. The molecule has 4 N–H and O–H groups in total.